The van der Waals surface area contributed by atoms with E-state index in [1.165, 1.54) is 17.6 Å². The molecule has 0 amide bonds. The Bertz CT molecular complexity index is 1090. The topological polar surface area (TPSA) is 61.4 Å². The Morgan fingerprint density at radius 3 is 2.67 bits per heavy atom. The molecule has 2 bridgehead atoms. The zero-order valence-corrected chi connectivity index (χ0v) is 19.8. The van der Waals surface area contributed by atoms with E-state index in [0.717, 1.165) is 67.8 Å². The van der Waals surface area contributed by atoms with Gasteiger partial charge in [-0.05, 0) is 87.0 Å². The summed E-state index contributed by atoms with van der Waals surface area (Å²) in [6.07, 6.45) is 8.35. The van der Waals surface area contributed by atoms with Crippen LogP contribution in [0.25, 0.3) is 16.6 Å². The number of allylic oxidation sites excluding steroid dienone is 1. The van der Waals surface area contributed by atoms with Crippen LogP contribution < -0.4 is 4.74 Å². The summed E-state index contributed by atoms with van der Waals surface area (Å²) in [6, 6.07) is 16.6. The van der Waals surface area contributed by atoms with Crippen molar-refractivity contribution in [3.63, 3.8) is 0 Å². The Morgan fingerprint density at radius 1 is 1.12 bits per heavy atom. The molecule has 1 heterocycles. The summed E-state index contributed by atoms with van der Waals surface area (Å²) in [5, 5.41) is 11.5. The average Bonchev–Trinajstić information content (AvgIpc) is 3.26. The summed E-state index contributed by atoms with van der Waals surface area (Å²) in [6.45, 7) is 1.93. The number of aromatic nitrogens is 2. The van der Waals surface area contributed by atoms with Crippen LogP contribution in [-0.2, 0) is 6.42 Å². The van der Waals surface area contributed by atoms with Crippen LogP contribution >= 0.6 is 0 Å². The highest BCUT2D eigenvalue weighted by Crippen LogP contribution is 2.51. The van der Waals surface area contributed by atoms with E-state index in [0.29, 0.717) is 5.92 Å². The molecule has 1 saturated carbocycles. The summed E-state index contributed by atoms with van der Waals surface area (Å²) in [7, 11) is 3.87. The summed E-state index contributed by atoms with van der Waals surface area (Å²) in [5.41, 5.74) is 4.26. The fourth-order valence-electron chi connectivity index (χ4n) is 5.73. The SMILES string of the molecule is COc1ccc(C2=C[C@@H]3CC[C@@H]2C[C@@]3(O)CCN(C)CCCc2nc3ccccc3[nH]2)cc1. The number of aliphatic hydroxyl groups is 1. The van der Waals surface area contributed by atoms with Crippen LogP contribution in [0.4, 0.5) is 0 Å². The van der Waals surface area contributed by atoms with Gasteiger partial charge in [0.1, 0.15) is 11.6 Å². The Labute approximate surface area is 196 Å². The van der Waals surface area contributed by atoms with Gasteiger partial charge in [0, 0.05) is 18.9 Å². The quantitative estimate of drug-likeness (QED) is 0.483. The molecule has 6 rings (SSSR count). The molecule has 2 N–H and O–H groups in total. The molecule has 5 heteroatoms. The standard InChI is InChI=1S/C28H35N3O2/c1-31(16-5-8-27-29-25-6-3-4-7-26(25)30-27)17-15-28(32)19-21-9-12-22(28)18-24(21)20-10-13-23(33-2)14-11-20/h3-4,6-7,10-11,13-14,18,21-22,32H,5,8-9,12,15-17,19H2,1-2H3,(H,29,30)/t21-,22+,28+/m1/s1. The molecule has 3 aliphatic rings. The van der Waals surface area contributed by atoms with Gasteiger partial charge in [-0.15, -0.1) is 0 Å². The minimum atomic E-state index is -0.577. The highest BCUT2D eigenvalue weighted by Gasteiger charge is 2.46. The molecule has 0 saturated heterocycles. The lowest BCUT2D eigenvalue weighted by atomic mass is 9.61. The molecule has 3 atom stereocenters. The highest BCUT2D eigenvalue weighted by atomic mass is 16.5. The second-order valence-electron chi connectivity index (χ2n) is 9.90. The molecule has 2 aromatic carbocycles. The van der Waals surface area contributed by atoms with Gasteiger partial charge in [-0.3, -0.25) is 0 Å². The third-order valence-corrected chi connectivity index (χ3v) is 7.68. The number of rotatable bonds is 9. The van der Waals surface area contributed by atoms with Gasteiger partial charge in [-0.2, -0.15) is 0 Å². The van der Waals surface area contributed by atoms with Crippen molar-refractivity contribution in [1.29, 1.82) is 0 Å². The van der Waals surface area contributed by atoms with E-state index in [4.69, 9.17) is 4.74 Å². The maximum Gasteiger partial charge on any atom is 0.118 e. The van der Waals surface area contributed by atoms with Crippen molar-refractivity contribution < 1.29 is 9.84 Å². The number of aromatic amines is 1. The molecule has 1 aromatic heterocycles. The maximum absolute atomic E-state index is 11.5. The third-order valence-electron chi connectivity index (χ3n) is 7.68. The summed E-state index contributed by atoms with van der Waals surface area (Å²) < 4.78 is 5.30. The number of para-hydroxylation sites is 2. The van der Waals surface area contributed by atoms with Crippen molar-refractivity contribution >= 4 is 16.6 Å². The number of H-pyrrole nitrogens is 1. The van der Waals surface area contributed by atoms with E-state index in [9.17, 15) is 5.11 Å². The molecule has 0 unspecified atom stereocenters. The number of ether oxygens (including phenoxy) is 1. The van der Waals surface area contributed by atoms with E-state index in [-0.39, 0.29) is 5.92 Å². The first kappa shape index (κ1) is 22.2. The van der Waals surface area contributed by atoms with E-state index >= 15 is 0 Å². The van der Waals surface area contributed by atoms with Gasteiger partial charge in [-0.25, -0.2) is 4.98 Å². The predicted molar refractivity (Wildman–Crippen MR) is 133 cm³/mol. The highest BCUT2D eigenvalue weighted by molar-refractivity contribution is 5.74. The monoisotopic (exact) mass is 445 g/mol. The van der Waals surface area contributed by atoms with Gasteiger partial charge in [0.25, 0.3) is 0 Å². The van der Waals surface area contributed by atoms with Gasteiger partial charge < -0.3 is 19.7 Å². The van der Waals surface area contributed by atoms with E-state index in [2.05, 4.69) is 52.3 Å². The molecule has 1 fully saturated rings. The molecule has 0 aliphatic heterocycles. The summed E-state index contributed by atoms with van der Waals surface area (Å²) >= 11 is 0. The number of nitrogens with zero attached hydrogens (tertiary/aromatic N) is 2. The Kier molecular flexibility index (Phi) is 6.26. The first-order valence-corrected chi connectivity index (χ1v) is 12.2. The van der Waals surface area contributed by atoms with Crippen LogP contribution in [0, 0.1) is 11.8 Å². The molecular weight excluding hydrogens is 410 g/mol. The first-order valence-electron chi connectivity index (χ1n) is 12.2. The van der Waals surface area contributed by atoms with E-state index in [1.807, 2.05) is 24.3 Å². The molecular formula is C28H35N3O2. The second kappa shape index (κ2) is 9.32. The number of hydrogen-bond donors (Lipinski definition) is 2. The number of nitrogens with one attached hydrogen (secondary N) is 1. The first-order chi connectivity index (χ1) is 16.0. The minimum Gasteiger partial charge on any atom is -0.497 e. The zero-order valence-electron chi connectivity index (χ0n) is 19.8. The van der Waals surface area contributed by atoms with Crippen LogP contribution in [0.2, 0.25) is 0 Å². The lowest BCUT2D eigenvalue weighted by molar-refractivity contribution is -0.0574. The van der Waals surface area contributed by atoms with Crippen molar-refractivity contribution in [2.45, 2.75) is 44.1 Å². The van der Waals surface area contributed by atoms with Gasteiger partial charge in [0.05, 0.1) is 23.7 Å². The summed E-state index contributed by atoms with van der Waals surface area (Å²) in [4.78, 5) is 10.5. The normalized spacial score (nSPS) is 24.4. The largest absolute Gasteiger partial charge is 0.497 e. The second-order valence-corrected chi connectivity index (χ2v) is 9.90. The van der Waals surface area contributed by atoms with Crippen molar-refractivity contribution in [2.24, 2.45) is 11.8 Å². The fourth-order valence-corrected chi connectivity index (χ4v) is 5.73. The molecule has 3 aliphatic carbocycles. The van der Waals surface area contributed by atoms with Crippen molar-refractivity contribution in [2.75, 3.05) is 27.2 Å². The molecule has 0 spiro atoms. The number of benzene rings is 2. The van der Waals surface area contributed by atoms with Crippen LogP contribution in [0.3, 0.4) is 0 Å². The number of aryl methyl sites for hydroxylation is 1. The van der Waals surface area contributed by atoms with Crippen LogP contribution in [-0.4, -0.2) is 52.8 Å². The molecule has 5 nitrogen and oxygen atoms in total. The Hall–Kier alpha value is -2.63. The average molecular weight is 446 g/mol. The lowest BCUT2D eigenvalue weighted by Gasteiger charge is -2.48. The smallest absolute Gasteiger partial charge is 0.118 e. The maximum atomic E-state index is 11.5. The van der Waals surface area contributed by atoms with E-state index in [1.54, 1.807) is 7.11 Å². The molecule has 174 valence electrons. The summed E-state index contributed by atoms with van der Waals surface area (Å²) in [5.74, 6) is 2.65. The Balaban J connectivity index is 1.14. The number of hydrogen-bond acceptors (Lipinski definition) is 4. The zero-order chi connectivity index (χ0) is 22.8. The van der Waals surface area contributed by atoms with Gasteiger partial charge in [0.2, 0.25) is 0 Å². The third kappa shape index (κ3) is 4.71. The predicted octanol–water partition coefficient (Wildman–Crippen LogP) is 5.07. The minimum absolute atomic E-state index is 0.253. The Morgan fingerprint density at radius 2 is 1.94 bits per heavy atom. The van der Waals surface area contributed by atoms with Crippen molar-refractivity contribution in [1.82, 2.24) is 14.9 Å². The van der Waals surface area contributed by atoms with Gasteiger partial charge >= 0.3 is 0 Å². The van der Waals surface area contributed by atoms with Crippen LogP contribution in [0.1, 0.15) is 43.5 Å². The number of fused-ring (bicyclic) bond motifs is 3. The van der Waals surface area contributed by atoms with Crippen molar-refractivity contribution in [3.8, 4) is 5.75 Å². The molecule has 33 heavy (non-hydrogen) atoms. The van der Waals surface area contributed by atoms with Gasteiger partial charge in [-0.1, -0.05) is 30.3 Å². The number of imidazole rings is 1. The number of methoxy groups -OCH3 is 1. The lowest BCUT2D eigenvalue weighted by Crippen LogP contribution is -2.48. The van der Waals surface area contributed by atoms with E-state index < -0.39 is 5.60 Å². The van der Waals surface area contributed by atoms with Gasteiger partial charge in [0.15, 0.2) is 0 Å². The van der Waals surface area contributed by atoms with Crippen LogP contribution in [0.5, 0.6) is 5.75 Å². The fraction of sp³-hybridized carbons (Fsp3) is 0.464. The van der Waals surface area contributed by atoms with Crippen LogP contribution in [0.15, 0.2) is 54.6 Å². The molecule has 3 aromatic rings. The van der Waals surface area contributed by atoms with Crippen molar-refractivity contribution in [3.05, 3.63) is 66.0 Å². The molecule has 0 radical (unpaired) electrons.